The van der Waals surface area contributed by atoms with Gasteiger partial charge in [0.25, 0.3) is 5.91 Å². The zero-order chi connectivity index (χ0) is 24.0. The molecule has 0 aromatic heterocycles. The Labute approximate surface area is 192 Å². The van der Waals surface area contributed by atoms with Gasteiger partial charge in [-0.25, -0.2) is 4.79 Å². The molecule has 3 aromatic carbocycles. The first-order chi connectivity index (χ1) is 15.6. The maximum absolute atomic E-state index is 12.5. The zero-order valence-corrected chi connectivity index (χ0v) is 18.8. The SMILES string of the molecule is CC(C)(C)OC(=O)Nc1ccc(C(=O)Nc2ccc(C(O)Nc3ccc(N)cc3)cc2)cc1. The first-order valence-electron chi connectivity index (χ1n) is 10.4. The summed E-state index contributed by atoms with van der Waals surface area (Å²) in [5, 5.41) is 18.8. The summed E-state index contributed by atoms with van der Waals surface area (Å²) in [4.78, 5) is 24.4. The van der Waals surface area contributed by atoms with E-state index in [0.29, 0.717) is 28.2 Å². The summed E-state index contributed by atoms with van der Waals surface area (Å²) >= 11 is 0. The van der Waals surface area contributed by atoms with E-state index in [2.05, 4.69) is 16.0 Å². The van der Waals surface area contributed by atoms with Crippen molar-refractivity contribution in [3.63, 3.8) is 0 Å². The predicted molar refractivity (Wildman–Crippen MR) is 130 cm³/mol. The maximum atomic E-state index is 12.5. The van der Waals surface area contributed by atoms with E-state index in [9.17, 15) is 14.7 Å². The normalized spacial score (nSPS) is 11.9. The molecule has 0 aliphatic rings. The third-order valence-corrected chi connectivity index (χ3v) is 4.49. The van der Waals surface area contributed by atoms with Crippen molar-refractivity contribution >= 4 is 34.7 Å². The monoisotopic (exact) mass is 448 g/mol. The fraction of sp³-hybridized carbons (Fsp3) is 0.200. The molecular weight excluding hydrogens is 420 g/mol. The summed E-state index contributed by atoms with van der Waals surface area (Å²) in [6.45, 7) is 5.34. The van der Waals surface area contributed by atoms with E-state index in [0.717, 1.165) is 5.69 Å². The van der Waals surface area contributed by atoms with E-state index >= 15 is 0 Å². The Hall–Kier alpha value is -4.04. The summed E-state index contributed by atoms with van der Waals surface area (Å²) < 4.78 is 5.21. The molecule has 33 heavy (non-hydrogen) atoms. The van der Waals surface area contributed by atoms with Gasteiger partial charge in [0.2, 0.25) is 0 Å². The number of aliphatic hydroxyl groups excluding tert-OH is 1. The Morgan fingerprint density at radius 1 is 0.818 bits per heavy atom. The van der Waals surface area contributed by atoms with Gasteiger partial charge in [-0.05, 0) is 81.4 Å². The quantitative estimate of drug-likeness (QED) is 0.268. The van der Waals surface area contributed by atoms with Gasteiger partial charge in [0.15, 0.2) is 6.23 Å². The molecule has 6 N–H and O–H groups in total. The molecule has 0 aliphatic heterocycles. The fourth-order valence-electron chi connectivity index (χ4n) is 2.90. The van der Waals surface area contributed by atoms with Crippen molar-refractivity contribution < 1.29 is 19.4 Å². The number of carbonyl (C=O) groups is 2. The van der Waals surface area contributed by atoms with Crippen LogP contribution in [0.2, 0.25) is 0 Å². The minimum Gasteiger partial charge on any atom is -0.444 e. The van der Waals surface area contributed by atoms with Gasteiger partial charge in [-0.15, -0.1) is 0 Å². The van der Waals surface area contributed by atoms with Gasteiger partial charge in [-0.3, -0.25) is 10.1 Å². The average Bonchev–Trinajstić information content (AvgIpc) is 2.75. The lowest BCUT2D eigenvalue weighted by molar-refractivity contribution is 0.0635. The topological polar surface area (TPSA) is 126 Å². The molecule has 1 unspecified atom stereocenters. The average molecular weight is 449 g/mol. The summed E-state index contributed by atoms with van der Waals surface area (Å²) in [6.07, 6.45) is -1.48. The lowest BCUT2D eigenvalue weighted by atomic mass is 10.1. The molecule has 172 valence electrons. The highest BCUT2D eigenvalue weighted by atomic mass is 16.6. The zero-order valence-electron chi connectivity index (χ0n) is 18.8. The van der Waals surface area contributed by atoms with Gasteiger partial charge < -0.3 is 26.2 Å². The van der Waals surface area contributed by atoms with Crippen molar-refractivity contribution in [2.45, 2.75) is 32.6 Å². The molecule has 0 radical (unpaired) electrons. The van der Waals surface area contributed by atoms with Gasteiger partial charge in [0.1, 0.15) is 5.60 Å². The summed E-state index contributed by atoms with van der Waals surface area (Å²) in [6, 6.07) is 20.4. The minimum atomic E-state index is -0.914. The maximum Gasteiger partial charge on any atom is 0.412 e. The lowest BCUT2D eigenvalue weighted by Crippen LogP contribution is -2.27. The van der Waals surface area contributed by atoms with Crippen LogP contribution in [-0.4, -0.2) is 22.7 Å². The van der Waals surface area contributed by atoms with Crippen molar-refractivity contribution in [1.29, 1.82) is 0 Å². The number of benzene rings is 3. The predicted octanol–water partition coefficient (Wildman–Crippen LogP) is 4.97. The molecule has 0 saturated heterocycles. The Kier molecular flexibility index (Phi) is 7.20. The standard InChI is InChI=1S/C25H28N4O4/c1-25(2,3)33-24(32)29-21-12-6-17(7-13-21)22(30)27-19-10-4-16(5-11-19)23(31)28-20-14-8-18(26)9-15-20/h4-15,23,28,31H,26H2,1-3H3,(H,27,30)(H,29,32). The first kappa shape index (κ1) is 23.6. The van der Waals surface area contributed by atoms with Crippen LogP contribution in [0.5, 0.6) is 0 Å². The van der Waals surface area contributed by atoms with E-state index in [1.165, 1.54) is 0 Å². The number of hydrogen-bond acceptors (Lipinski definition) is 6. The van der Waals surface area contributed by atoms with Crippen molar-refractivity contribution in [2.24, 2.45) is 0 Å². The molecule has 0 aliphatic carbocycles. The highest BCUT2D eigenvalue weighted by molar-refractivity contribution is 6.04. The van der Waals surface area contributed by atoms with Gasteiger partial charge in [-0.2, -0.15) is 0 Å². The van der Waals surface area contributed by atoms with Crippen LogP contribution in [0, 0.1) is 0 Å². The van der Waals surface area contributed by atoms with Crippen molar-refractivity contribution in [1.82, 2.24) is 0 Å². The van der Waals surface area contributed by atoms with Crippen LogP contribution in [0.25, 0.3) is 0 Å². The largest absolute Gasteiger partial charge is 0.444 e. The number of aliphatic hydroxyl groups is 1. The van der Waals surface area contributed by atoms with Crippen molar-refractivity contribution in [2.75, 3.05) is 21.7 Å². The Balaban J connectivity index is 1.55. The van der Waals surface area contributed by atoms with Gasteiger partial charge in [0.05, 0.1) is 0 Å². The number of amides is 2. The number of anilines is 4. The van der Waals surface area contributed by atoms with Crippen LogP contribution in [0.3, 0.4) is 0 Å². The summed E-state index contributed by atoms with van der Waals surface area (Å²) in [5.74, 6) is -0.299. The molecule has 0 saturated carbocycles. The van der Waals surface area contributed by atoms with Gasteiger partial charge in [0, 0.05) is 33.9 Å². The number of nitrogens with two attached hydrogens (primary N) is 1. The Bertz CT molecular complexity index is 1090. The molecule has 2 amide bonds. The van der Waals surface area contributed by atoms with E-state index in [1.807, 2.05) is 0 Å². The molecule has 1 atom stereocenters. The molecule has 3 aromatic rings. The number of carbonyl (C=O) groups excluding carboxylic acids is 2. The molecule has 0 spiro atoms. The highest BCUT2D eigenvalue weighted by Crippen LogP contribution is 2.21. The van der Waals surface area contributed by atoms with Gasteiger partial charge >= 0.3 is 6.09 Å². The Morgan fingerprint density at radius 3 is 1.91 bits per heavy atom. The van der Waals surface area contributed by atoms with Crippen molar-refractivity contribution in [3.05, 3.63) is 83.9 Å². The lowest BCUT2D eigenvalue weighted by Gasteiger charge is -2.19. The van der Waals surface area contributed by atoms with E-state index < -0.39 is 17.9 Å². The van der Waals surface area contributed by atoms with Crippen LogP contribution >= 0.6 is 0 Å². The highest BCUT2D eigenvalue weighted by Gasteiger charge is 2.16. The van der Waals surface area contributed by atoms with Crippen molar-refractivity contribution in [3.8, 4) is 0 Å². The molecule has 0 heterocycles. The molecule has 8 heteroatoms. The number of ether oxygens (including phenoxy) is 1. The van der Waals surface area contributed by atoms with Crippen LogP contribution in [0.4, 0.5) is 27.5 Å². The molecule has 3 rings (SSSR count). The second-order valence-corrected chi connectivity index (χ2v) is 8.45. The third kappa shape index (κ3) is 7.26. The van der Waals surface area contributed by atoms with Crippen LogP contribution in [0.15, 0.2) is 72.8 Å². The van der Waals surface area contributed by atoms with Crippen LogP contribution in [-0.2, 0) is 4.74 Å². The molecule has 8 nitrogen and oxygen atoms in total. The molecule has 0 fully saturated rings. The van der Waals surface area contributed by atoms with Gasteiger partial charge in [-0.1, -0.05) is 12.1 Å². The number of nitrogens with one attached hydrogen (secondary N) is 3. The van der Waals surface area contributed by atoms with Crippen LogP contribution < -0.4 is 21.7 Å². The third-order valence-electron chi connectivity index (χ3n) is 4.49. The first-order valence-corrected chi connectivity index (χ1v) is 10.4. The Morgan fingerprint density at radius 2 is 1.33 bits per heavy atom. The summed E-state index contributed by atoms with van der Waals surface area (Å²) in [7, 11) is 0. The second-order valence-electron chi connectivity index (χ2n) is 8.45. The van der Waals surface area contributed by atoms with Crippen LogP contribution in [0.1, 0.15) is 42.9 Å². The number of nitrogen functional groups attached to an aromatic ring is 1. The number of hydrogen-bond donors (Lipinski definition) is 5. The molecular formula is C25H28N4O4. The van der Waals surface area contributed by atoms with E-state index in [1.54, 1.807) is 93.6 Å². The minimum absolute atomic E-state index is 0.299. The van der Waals surface area contributed by atoms with E-state index in [4.69, 9.17) is 10.5 Å². The molecule has 0 bridgehead atoms. The fourth-order valence-corrected chi connectivity index (χ4v) is 2.90. The second kappa shape index (κ2) is 10.1. The summed E-state index contributed by atoms with van der Waals surface area (Å²) in [5.41, 5.74) is 8.62. The van der Waals surface area contributed by atoms with E-state index in [-0.39, 0.29) is 5.91 Å². The smallest absolute Gasteiger partial charge is 0.412 e. The number of rotatable bonds is 6.